The fourth-order valence-corrected chi connectivity index (χ4v) is 2.01. The Morgan fingerprint density at radius 3 is 2.57 bits per heavy atom. The van der Waals surface area contributed by atoms with Crippen molar-refractivity contribution in [3.63, 3.8) is 0 Å². The molecule has 0 atom stereocenters. The van der Waals surface area contributed by atoms with Crippen LogP contribution in [-0.4, -0.2) is 9.97 Å². The third-order valence-electron chi connectivity index (χ3n) is 1.76. The van der Waals surface area contributed by atoms with Gasteiger partial charge in [0.15, 0.2) is 0 Å². The van der Waals surface area contributed by atoms with Gasteiger partial charge in [0.05, 0.1) is 10.6 Å². The molecular weight excluding hydrogens is 196 g/mol. The maximum atomic E-state index is 5.58. The Morgan fingerprint density at radius 2 is 2.00 bits per heavy atom. The molecule has 72 valence electrons. The molecule has 0 saturated heterocycles. The Labute approximate surface area is 85.6 Å². The second-order valence-corrected chi connectivity index (χ2v) is 4.23. The van der Waals surface area contributed by atoms with Crippen LogP contribution < -0.4 is 11.5 Å². The molecule has 0 unspecified atom stereocenters. The number of nitrogens with two attached hydrogens (primary N) is 2. The smallest absolute Gasteiger partial charge is 0.222 e. The fraction of sp³-hybridized carbons (Fsp3) is 0.111. The third-order valence-corrected chi connectivity index (χ3v) is 2.78. The number of rotatable bonds is 1. The summed E-state index contributed by atoms with van der Waals surface area (Å²) < 4.78 is 0. The minimum Gasteiger partial charge on any atom is -0.384 e. The van der Waals surface area contributed by atoms with Gasteiger partial charge in [0.25, 0.3) is 0 Å². The normalized spacial score (nSPS) is 10.4. The number of nitrogen functional groups attached to an aromatic ring is 2. The van der Waals surface area contributed by atoms with Gasteiger partial charge >= 0.3 is 0 Å². The van der Waals surface area contributed by atoms with E-state index in [1.807, 2.05) is 19.1 Å². The van der Waals surface area contributed by atoms with Gasteiger partial charge in [-0.2, -0.15) is 4.98 Å². The number of anilines is 2. The van der Waals surface area contributed by atoms with E-state index >= 15 is 0 Å². The molecule has 0 aliphatic rings. The van der Waals surface area contributed by atoms with Crippen molar-refractivity contribution in [2.24, 2.45) is 0 Å². The number of aromatic nitrogens is 2. The highest BCUT2D eigenvalue weighted by molar-refractivity contribution is 7.15. The van der Waals surface area contributed by atoms with Crippen LogP contribution in [0.15, 0.2) is 18.2 Å². The average Bonchev–Trinajstić information content (AvgIpc) is 2.50. The number of nitrogens with zero attached hydrogens (tertiary/aromatic N) is 2. The van der Waals surface area contributed by atoms with Crippen LogP contribution in [-0.2, 0) is 0 Å². The van der Waals surface area contributed by atoms with Gasteiger partial charge in [-0.05, 0) is 19.1 Å². The first kappa shape index (κ1) is 8.96. The van der Waals surface area contributed by atoms with Crippen LogP contribution in [0.5, 0.6) is 0 Å². The second-order valence-electron chi connectivity index (χ2n) is 2.95. The molecule has 0 fully saturated rings. The molecule has 2 aromatic rings. The van der Waals surface area contributed by atoms with Crippen LogP contribution in [0.3, 0.4) is 0 Å². The molecule has 0 radical (unpaired) electrons. The van der Waals surface area contributed by atoms with Gasteiger partial charge in [-0.15, -0.1) is 11.3 Å². The minimum atomic E-state index is 0.214. The highest BCUT2D eigenvalue weighted by atomic mass is 32.1. The van der Waals surface area contributed by atoms with E-state index in [4.69, 9.17) is 11.5 Å². The van der Waals surface area contributed by atoms with Crippen molar-refractivity contribution >= 4 is 23.1 Å². The van der Waals surface area contributed by atoms with E-state index in [0.29, 0.717) is 5.82 Å². The maximum Gasteiger partial charge on any atom is 0.222 e. The number of aryl methyl sites for hydroxylation is 1. The molecule has 0 saturated carbocycles. The fourth-order valence-electron chi connectivity index (χ4n) is 1.18. The Balaban J connectivity index is 2.51. The van der Waals surface area contributed by atoms with Crippen molar-refractivity contribution in [2.75, 3.05) is 11.5 Å². The lowest BCUT2D eigenvalue weighted by atomic mass is 10.3. The lowest BCUT2D eigenvalue weighted by Crippen LogP contribution is -1.99. The van der Waals surface area contributed by atoms with Crippen molar-refractivity contribution in [3.05, 3.63) is 23.1 Å². The van der Waals surface area contributed by atoms with Gasteiger partial charge in [0, 0.05) is 10.9 Å². The standard InChI is InChI=1S/C9H10N4S/c1-5-2-3-7(14-5)6-4-8(10)13-9(11)12-6/h2-4H,1H3,(H4,10,11,12,13). The van der Waals surface area contributed by atoms with Gasteiger partial charge in [0.2, 0.25) is 5.95 Å². The zero-order valence-electron chi connectivity index (χ0n) is 7.69. The Kier molecular flexibility index (Phi) is 2.09. The summed E-state index contributed by atoms with van der Waals surface area (Å²) in [6.07, 6.45) is 0. The van der Waals surface area contributed by atoms with Crippen LogP contribution in [0.2, 0.25) is 0 Å². The molecule has 0 aromatic carbocycles. The quantitative estimate of drug-likeness (QED) is 0.744. The van der Waals surface area contributed by atoms with Crippen molar-refractivity contribution in [3.8, 4) is 10.6 Å². The third kappa shape index (κ3) is 1.67. The summed E-state index contributed by atoms with van der Waals surface area (Å²) in [4.78, 5) is 10.2. The minimum absolute atomic E-state index is 0.214. The van der Waals surface area contributed by atoms with Crippen LogP contribution in [0, 0.1) is 6.92 Å². The monoisotopic (exact) mass is 206 g/mol. The van der Waals surface area contributed by atoms with E-state index in [9.17, 15) is 0 Å². The summed E-state index contributed by atoms with van der Waals surface area (Å²) in [6, 6.07) is 5.76. The summed E-state index contributed by atoms with van der Waals surface area (Å²) in [7, 11) is 0. The first-order valence-electron chi connectivity index (χ1n) is 4.12. The SMILES string of the molecule is Cc1ccc(-c2cc(N)nc(N)n2)s1. The van der Waals surface area contributed by atoms with E-state index in [1.54, 1.807) is 17.4 Å². The zero-order chi connectivity index (χ0) is 10.1. The molecule has 5 heteroatoms. The predicted octanol–water partition coefficient (Wildman–Crippen LogP) is 1.68. The van der Waals surface area contributed by atoms with Crippen LogP contribution in [0.25, 0.3) is 10.6 Å². The van der Waals surface area contributed by atoms with Gasteiger partial charge in [-0.25, -0.2) is 4.98 Å². The number of thiophene rings is 1. The second kappa shape index (κ2) is 3.26. The van der Waals surface area contributed by atoms with E-state index in [-0.39, 0.29) is 5.95 Å². The number of hydrogen-bond donors (Lipinski definition) is 2. The van der Waals surface area contributed by atoms with Crippen LogP contribution in [0.1, 0.15) is 4.88 Å². The van der Waals surface area contributed by atoms with E-state index in [2.05, 4.69) is 9.97 Å². The Bertz CT molecular complexity index is 443. The molecule has 4 N–H and O–H groups in total. The van der Waals surface area contributed by atoms with Gasteiger partial charge in [-0.3, -0.25) is 0 Å². The van der Waals surface area contributed by atoms with E-state index < -0.39 is 0 Å². The molecule has 2 rings (SSSR count). The van der Waals surface area contributed by atoms with Crippen LogP contribution >= 0.6 is 11.3 Å². The molecular formula is C9H10N4S. The first-order valence-corrected chi connectivity index (χ1v) is 4.93. The zero-order valence-corrected chi connectivity index (χ0v) is 8.51. The van der Waals surface area contributed by atoms with Crippen molar-refractivity contribution in [2.45, 2.75) is 6.92 Å². The maximum absolute atomic E-state index is 5.58. The molecule has 0 aliphatic carbocycles. The van der Waals surface area contributed by atoms with Crippen molar-refractivity contribution in [1.29, 1.82) is 0 Å². The Morgan fingerprint density at radius 1 is 1.21 bits per heavy atom. The lowest BCUT2D eigenvalue weighted by molar-refractivity contribution is 1.20. The molecule has 0 amide bonds. The molecule has 0 spiro atoms. The summed E-state index contributed by atoms with van der Waals surface area (Å²) >= 11 is 1.66. The largest absolute Gasteiger partial charge is 0.384 e. The predicted molar refractivity (Wildman–Crippen MR) is 58.9 cm³/mol. The average molecular weight is 206 g/mol. The first-order chi connectivity index (χ1) is 6.65. The topological polar surface area (TPSA) is 77.8 Å². The Hall–Kier alpha value is -1.62. The van der Waals surface area contributed by atoms with Gasteiger partial charge in [-0.1, -0.05) is 0 Å². The molecule has 2 heterocycles. The van der Waals surface area contributed by atoms with Gasteiger partial charge < -0.3 is 11.5 Å². The molecule has 0 bridgehead atoms. The summed E-state index contributed by atoms with van der Waals surface area (Å²) in [5.41, 5.74) is 11.9. The van der Waals surface area contributed by atoms with Crippen LogP contribution in [0.4, 0.5) is 11.8 Å². The summed E-state index contributed by atoms with van der Waals surface area (Å²) in [5.74, 6) is 0.615. The van der Waals surface area contributed by atoms with E-state index in [1.165, 1.54) is 4.88 Å². The van der Waals surface area contributed by atoms with Crippen molar-refractivity contribution < 1.29 is 0 Å². The molecule has 2 aromatic heterocycles. The highest BCUT2D eigenvalue weighted by Gasteiger charge is 2.04. The summed E-state index contributed by atoms with van der Waals surface area (Å²) in [5, 5.41) is 0. The number of hydrogen-bond acceptors (Lipinski definition) is 5. The van der Waals surface area contributed by atoms with Gasteiger partial charge in [0.1, 0.15) is 5.82 Å². The molecule has 4 nitrogen and oxygen atoms in total. The van der Waals surface area contributed by atoms with Crippen molar-refractivity contribution in [1.82, 2.24) is 9.97 Å². The lowest BCUT2D eigenvalue weighted by Gasteiger charge is -1.99. The van der Waals surface area contributed by atoms with E-state index in [0.717, 1.165) is 10.6 Å². The summed E-state index contributed by atoms with van der Waals surface area (Å²) in [6.45, 7) is 2.04. The molecule has 0 aliphatic heterocycles. The molecule has 14 heavy (non-hydrogen) atoms. The highest BCUT2D eigenvalue weighted by Crippen LogP contribution is 2.27.